The summed E-state index contributed by atoms with van der Waals surface area (Å²) >= 11 is 3.39. The van der Waals surface area contributed by atoms with E-state index in [1.54, 1.807) is 32.4 Å². The number of sulfonamides is 1. The SMILES string of the molecule is COc1ccc(Br)cc1CN(C)C(=O)CNS(=O)(=O)C=Cc1ccccc1. The van der Waals surface area contributed by atoms with E-state index in [0.717, 1.165) is 21.0 Å². The van der Waals surface area contributed by atoms with E-state index >= 15 is 0 Å². The number of carbonyl (C=O) groups is 1. The fourth-order valence-corrected chi connectivity index (χ4v) is 3.46. The first-order valence-corrected chi connectivity index (χ1v) is 10.4. The molecule has 6 nitrogen and oxygen atoms in total. The van der Waals surface area contributed by atoms with Crippen molar-refractivity contribution in [1.82, 2.24) is 9.62 Å². The zero-order chi connectivity index (χ0) is 19.9. The number of hydrogen-bond donors (Lipinski definition) is 1. The average molecular weight is 453 g/mol. The molecule has 0 saturated carbocycles. The van der Waals surface area contributed by atoms with E-state index in [0.29, 0.717) is 12.3 Å². The molecule has 0 saturated heterocycles. The van der Waals surface area contributed by atoms with E-state index < -0.39 is 10.0 Å². The number of amides is 1. The summed E-state index contributed by atoms with van der Waals surface area (Å²) < 4.78 is 32.5. The van der Waals surface area contributed by atoms with Gasteiger partial charge in [-0.05, 0) is 29.8 Å². The van der Waals surface area contributed by atoms with Crippen LogP contribution in [-0.2, 0) is 21.4 Å². The summed E-state index contributed by atoms with van der Waals surface area (Å²) in [5, 5.41) is 1.05. The molecule has 1 amide bonds. The van der Waals surface area contributed by atoms with Crippen LogP contribution in [0.15, 0.2) is 58.4 Å². The fraction of sp³-hybridized carbons (Fsp3) is 0.211. The van der Waals surface area contributed by atoms with Crippen LogP contribution in [0.5, 0.6) is 5.75 Å². The summed E-state index contributed by atoms with van der Waals surface area (Å²) in [6, 6.07) is 14.6. The van der Waals surface area contributed by atoms with Gasteiger partial charge in [0.05, 0.1) is 13.7 Å². The molecule has 2 aromatic rings. The highest BCUT2D eigenvalue weighted by atomic mass is 79.9. The first-order valence-electron chi connectivity index (χ1n) is 8.10. The van der Waals surface area contributed by atoms with E-state index in [1.807, 2.05) is 30.3 Å². The minimum atomic E-state index is -3.71. The predicted molar refractivity (Wildman–Crippen MR) is 110 cm³/mol. The number of rotatable bonds is 8. The van der Waals surface area contributed by atoms with Crippen molar-refractivity contribution in [2.45, 2.75) is 6.54 Å². The van der Waals surface area contributed by atoms with E-state index in [1.165, 1.54) is 11.0 Å². The van der Waals surface area contributed by atoms with Crippen LogP contribution >= 0.6 is 15.9 Å². The Hall–Kier alpha value is -2.16. The van der Waals surface area contributed by atoms with Crippen molar-refractivity contribution in [3.63, 3.8) is 0 Å². The van der Waals surface area contributed by atoms with Gasteiger partial charge in [-0.25, -0.2) is 13.1 Å². The largest absolute Gasteiger partial charge is 0.496 e. The number of ether oxygens (including phenoxy) is 1. The quantitative estimate of drug-likeness (QED) is 0.667. The van der Waals surface area contributed by atoms with Crippen molar-refractivity contribution in [3.05, 3.63) is 69.5 Å². The highest BCUT2D eigenvalue weighted by Crippen LogP contribution is 2.24. The molecule has 0 heterocycles. The van der Waals surface area contributed by atoms with Crippen LogP contribution in [0.25, 0.3) is 6.08 Å². The van der Waals surface area contributed by atoms with Crippen LogP contribution in [0.3, 0.4) is 0 Å². The maximum absolute atomic E-state index is 12.3. The lowest BCUT2D eigenvalue weighted by atomic mass is 10.2. The van der Waals surface area contributed by atoms with E-state index in [4.69, 9.17) is 4.74 Å². The van der Waals surface area contributed by atoms with Crippen LogP contribution in [0.4, 0.5) is 0 Å². The van der Waals surface area contributed by atoms with Crippen LogP contribution in [0, 0.1) is 0 Å². The molecule has 0 atom stereocenters. The lowest BCUT2D eigenvalue weighted by Crippen LogP contribution is -2.37. The van der Waals surface area contributed by atoms with Crippen molar-refractivity contribution in [2.75, 3.05) is 20.7 Å². The molecule has 2 aromatic carbocycles. The summed E-state index contributed by atoms with van der Waals surface area (Å²) in [4.78, 5) is 13.7. The standard InChI is InChI=1S/C19H21BrN2O4S/c1-22(14-16-12-17(20)8-9-18(16)26-2)19(23)13-21-27(24,25)11-10-15-6-4-3-5-7-15/h3-12,21H,13-14H2,1-2H3. The minimum absolute atomic E-state index is 0.295. The van der Waals surface area contributed by atoms with Crippen molar-refractivity contribution in [1.29, 1.82) is 0 Å². The molecule has 0 radical (unpaired) electrons. The Morgan fingerprint density at radius 3 is 2.59 bits per heavy atom. The Morgan fingerprint density at radius 2 is 1.93 bits per heavy atom. The molecule has 0 spiro atoms. The monoisotopic (exact) mass is 452 g/mol. The Morgan fingerprint density at radius 1 is 1.22 bits per heavy atom. The van der Waals surface area contributed by atoms with Gasteiger partial charge in [0.1, 0.15) is 5.75 Å². The molecular weight excluding hydrogens is 432 g/mol. The molecule has 0 fully saturated rings. The van der Waals surface area contributed by atoms with Gasteiger partial charge in [0.25, 0.3) is 0 Å². The molecule has 2 rings (SSSR count). The number of nitrogens with zero attached hydrogens (tertiary/aromatic N) is 1. The van der Waals surface area contributed by atoms with Crippen LogP contribution in [-0.4, -0.2) is 39.9 Å². The fourth-order valence-electron chi connectivity index (χ4n) is 2.29. The van der Waals surface area contributed by atoms with Gasteiger partial charge in [0, 0.05) is 29.0 Å². The van der Waals surface area contributed by atoms with Gasteiger partial charge in [0.2, 0.25) is 15.9 Å². The van der Waals surface area contributed by atoms with Gasteiger partial charge in [-0.1, -0.05) is 46.3 Å². The number of halogens is 1. The number of carbonyl (C=O) groups excluding carboxylic acids is 1. The lowest BCUT2D eigenvalue weighted by Gasteiger charge is -2.19. The maximum atomic E-state index is 12.3. The molecule has 0 bridgehead atoms. The molecule has 27 heavy (non-hydrogen) atoms. The Kier molecular flexibility index (Phi) is 7.58. The molecule has 0 aromatic heterocycles. The first-order chi connectivity index (χ1) is 12.8. The maximum Gasteiger partial charge on any atom is 0.237 e. The van der Waals surface area contributed by atoms with Gasteiger partial charge in [-0.2, -0.15) is 0 Å². The summed E-state index contributed by atoms with van der Waals surface area (Å²) in [7, 11) is -0.546. The third-order valence-electron chi connectivity index (χ3n) is 3.74. The summed E-state index contributed by atoms with van der Waals surface area (Å²) in [5.74, 6) is 0.304. The molecule has 0 unspecified atom stereocenters. The van der Waals surface area contributed by atoms with Crippen LogP contribution in [0.2, 0.25) is 0 Å². The highest BCUT2D eigenvalue weighted by Gasteiger charge is 2.15. The Balaban J connectivity index is 1.94. The van der Waals surface area contributed by atoms with Gasteiger partial charge >= 0.3 is 0 Å². The van der Waals surface area contributed by atoms with E-state index in [-0.39, 0.29) is 12.5 Å². The summed E-state index contributed by atoms with van der Waals surface area (Å²) in [6.45, 7) is -0.0304. The molecule has 8 heteroatoms. The van der Waals surface area contributed by atoms with E-state index in [2.05, 4.69) is 20.7 Å². The average Bonchev–Trinajstić information content (AvgIpc) is 2.65. The minimum Gasteiger partial charge on any atom is -0.496 e. The highest BCUT2D eigenvalue weighted by molar-refractivity contribution is 9.10. The lowest BCUT2D eigenvalue weighted by molar-refractivity contribution is -0.129. The number of benzene rings is 2. The summed E-state index contributed by atoms with van der Waals surface area (Å²) in [6.07, 6.45) is 1.48. The molecule has 0 aliphatic heterocycles. The van der Waals surface area contributed by atoms with Crippen LogP contribution in [0.1, 0.15) is 11.1 Å². The zero-order valence-electron chi connectivity index (χ0n) is 15.1. The van der Waals surface area contributed by atoms with Crippen LogP contribution < -0.4 is 9.46 Å². The second-order valence-electron chi connectivity index (χ2n) is 5.79. The third kappa shape index (κ3) is 6.82. The molecule has 0 aliphatic carbocycles. The Bertz CT molecular complexity index is 915. The molecular formula is C19H21BrN2O4S. The van der Waals surface area contributed by atoms with Gasteiger partial charge in [-0.3, -0.25) is 4.79 Å². The van der Waals surface area contributed by atoms with Crippen molar-refractivity contribution in [3.8, 4) is 5.75 Å². The second-order valence-corrected chi connectivity index (χ2v) is 8.35. The summed E-state index contributed by atoms with van der Waals surface area (Å²) in [5.41, 5.74) is 1.57. The smallest absolute Gasteiger partial charge is 0.237 e. The molecule has 144 valence electrons. The van der Waals surface area contributed by atoms with Crippen molar-refractivity contribution in [2.24, 2.45) is 0 Å². The zero-order valence-corrected chi connectivity index (χ0v) is 17.5. The molecule has 0 aliphatic rings. The topological polar surface area (TPSA) is 75.7 Å². The van der Waals surface area contributed by atoms with Gasteiger partial charge < -0.3 is 9.64 Å². The number of nitrogens with one attached hydrogen (secondary N) is 1. The van der Waals surface area contributed by atoms with E-state index in [9.17, 15) is 13.2 Å². The second kappa shape index (κ2) is 9.68. The van der Waals surface area contributed by atoms with Gasteiger partial charge in [0.15, 0.2) is 0 Å². The number of likely N-dealkylation sites (N-methyl/N-ethyl adjacent to an activating group) is 1. The van der Waals surface area contributed by atoms with Crippen molar-refractivity contribution < 1.29 is 17.9 Å². The molecule has 1 N–H and O–H groups in total. The number of methoxy groups -OCH3 is 1. The normalized spacial score (nSPS) is 11.5. The third-order valence-corrected chi connectivity index (χ3v) is 5.27. The Labute approximate surface area is 168 Å². The predicted octanol–water partition coefficient (Wildman–Crippen LogP) is 3.01. The van der Waals surface area contributed by atoms with Gasteiger partial charge in [-0.15, -0.1) is 0 Å². The first kappa shape index (κ1) is 21.1. The number of hydrogen-bond acceptors (Lipinski definition) is 4. The van der Waals surface area contributed by atoms with Crippen molar-refractivity contribution >= 4 is 37.9 Å².